The van der Waals surface area contributed by atoms with E-state index < -0.39 is 29.7 Å². The summed E-state index contributed by atoms with van der Waals surface area (Å²) in [6.07, 6.45) is -4.27. The summed E-state index contributed by atoms with van der Waals surface area (Å²) in [6, 6.07) is 14.6. The van der Waals surface area contributed by atoms with Gasteiger partial charge in [-0.15, -0.1) is 0 Å². The van der Waals surface area contributed by atoms with Crippen molar-refractivity contribution in [2.24, 2.45) is 0 Å². The van der Waals surface area contributed by atoms with Gasteiger partial charge in [0.15, 0.2) is 0 Å². The number of hydrogen-bond acceptors (Lipinski definition) is 4. The van der Waals surface area contributed by atoms with Crippen molar-refractivity contribution in [1.82, 2.24) is 5.32 Å². The molecule has 1 aliphatic carbocycles. The molecule has 30 heavy (non-hydrogen) atoms. The lowest BCUT2D eigenvalue weighted by molar-refractivity contribution is -0.178. The standard InChI is InChI=1S/C22H22F3NO4/c1-29-17-12-10-16(11-13-17)21(26-20(28)22(23,24)25)14-6-5-9-18(21)30-19(27)15-7-3-2-4-8-15/h2-4,7-8,10-13,18H,5-6,9,14H2,1H3,(H,26,28)/t18-,21-/m0/s1. The molecule has 0 heterocycles. The average Bonchev–Trinajstić information content (AvgIpc) is 2.75. The van der Waals surface area contributed by atoms with E-state index in [1.54, 1.807) is 54.6 Å². The minimum atomic E-state index is -5.06. The quantitative estimate of drug-likeness (QED) is 0.729. The van der Waals surface area contributed by atoms with Gasteiger partial charge in [-0.2, -0.15) is 13.2 Å². The predicted molar refractivity (Wildman–Crippen MR) is 103 cm³/mol. The molecule has 2 atom stereocenters. The molecule has 3 rings (SSSR count). The van der Waals surface area contributed by atoms with Crippen LogP contribution in [-0.2, 0) is 15.1 Å². The Morgan fingerprint density at radius 2 is 1.70 bits per heavy atom. The molecular weight excluding hydrogens is 399 g/mol. The molecule has 0 saturated heterocycles. The van der Waals surface area contributed by atoms with Crippen LogP contribution in [0.15, 0.2) is 54.6 Å². The Kier molecular flexibility index (Phi) is 6.34. The highest BCUT2D eigenvalue weighted by molar-refractivity contribution is 5.89. The molecule has 8 heteroatoms. The number of amides is 1. The van der Waals surface area contributed by atoms with Crippen molar-refractivity contribution >= 4 is 11.9 Å². The van der Waals surface area contributed by atoms with Crippen molar-refractivity contribution in [3.05, 3.63) is 65.7 Å². The number of halogens is 3. The molecule has 0 aromatic heterocycles. The smallest absolute Gasteiger partial charge is 0.471 e. The van der Waals surface area contributed by atoms with Gasteiger partial charge in [-0.25, -0.2) is 4.79 Å². The van der Waals surface area contributed by atoms with Crippen LogP contribution in [-0.4, -0.2) is 31.3 Å². The molecule has 1 amide bonds. The lowest BCUT2D eigenvalue weighted by Crippen LogP contribution is -2.59. The van der Waals surface area contributed by atoms with Gasteiger partial charge in [0.1, 0.15) is 17.4 Å². The Balaban J connectivity index is 1.99. The minimum Gasteiger partial charge on any atom is -0.497 e. The van der Waals surface area contributed by atoms with E-state index in [1.165, 1.54) is 7.11 Å². The van der Waals surface area contributed by atoms with Crippen LogP contribution in [0.2, 0.25) is 0 Å². The molecule has 5 nitrogen and oxygen atoms in total. The Hall–Kier alpha value is -3.03. The Morgan fingerprint density at radius 1 is 1.03 bits per heavy atom. The summed E-state index contributed by atoms with van der Waals surface area (Å²) in [5.74, 6) is -2.20. The fourth-order valence-electron chi connectivity index (χ4n) is 3.78. The van der Waals surface area contributed by atoms with Gasteiger partial charge >= 0.3 is 18.1 Å². The number of carbonyl (C=O) groups excluding carboxylic acids is 2. The molecule has 1 N–H and O–H groups in total. The zero-order valence-electron chi connectivity index (χ0n) is 16.4. The second-order valence-electron chi connectivity index (χ2n) is 7.16. The molecule has 0 spiro atoms. The maximum atomic E-state index is 13.1. The molecule has 2 aromatic rings. The highest BCUT2D eigenvalue weighted by Crippen LogP contribution is 2.41. The van der Waals surface area contributed by atoms with Gasteiger partial charge < -0.3 is 14.8 Å². The zero-order valence-corrected chi connectivity index (χ0v) is 16.4. The molecule has 0 unspecified atom stereocenters. The first-order chi connectivity index (χ1) is 14.3. The van der Waals surface area contributed by atoms with Crippen molar-refractivity contribution in [2.75, 3.05) is 7.11 Å². The summed E-state index contributed by atoms with van der Waals surface area (Å²) in [5, 5.41) is 2.15. The van der Waals surface area contributed by atoms with E-state index in [0.29, 0.717) is 30.6 Å². The van der Waals surface area contributed by atoms with Crippen LogP contribution in [0.4, 0.5) is 13.2 Å². The molecule has 0 bridgehead atoms. The fraction of sp³-hybridized carbons (Fsp3) is 0.364. The second-order valence-corrected chi connectivity index (χ2v) is 7.16. The number of benzene rings is 2. The Labute approximate surface area is 172 Å². The van der Waals surface area contributed by atoms with E-state index >= 15 is 0 Å². The highest BCUT2D eigenvalue weighted by atomic mass is 19.4. The third-order valence-corrected chi connectivity index (χ3v) is 5.30. The van der Waals surface area contributed by atoms with Crippen molar-refractivity contribution in [1.29, 1.82) is 0 Å². The SMILES string of the molecule is COc1ccc([C@@]2(NC(=O)C(F)(F)F)CCCC[C@@H]2OC(=O)c2ccccc2)cc1. The number of hydrogen-bond donors (Lipinski definition) is 1. The third kappa shape index (κ3) is 4.58. The molecule has 1 fully saturated rings. The van der Waals surface area contributed by atoms with Crippen LogP contribution in [0.25, 0.3) is 0 Å². The van der Waals surface area contributed by atoms with E-state index in [0.717, 1.165) is 0 Å². The fourth-order valence-corrected chi connectivity index (χ4v) is 3.78. The summed E-state index contributed by atoms with van der Waals surface area (Å²) < 4.78 is 50.2. The molecule has 160 valence electrons. The van der Waals surface area contributed by atoms with Gasteiger partial charge in [-0.05, 0) is 49.1 Å². The molecular formula is C22H22F3NO4. The number of nitrogens with one attached hydrogen (secondary N) is 1. The molecule has 1 aliphatic rings. The maximum absolute atomic E-state index is 13.1. The molecule has 0 radical (unpaired) electrons. The van der Waals surface area contributed by atoms with E-state index in [-0.39, 0.29) is 12.0 Å². The van der Waals surface area contributed by atoms with Gasteiger partial charge in [0.05, 0.1) is 12.7 Å². The zero-order chi connectivity index (χ0) is 21.8. The van der Waals surface area contributed by atoms with E-state index in [2.05, 4.69) is 5.32 Å². The molecule has 2 aromatic carbocycles. The lowest BCUT2D eigenvalue weighted by atomic mass is 9.74. The van der Waals surface area contributed by atoms with Crippen LogP contribution >= 0.6 is 0 Å². The second kappa shape index (κ2) is 8.77. The lowest BCUT2D eigenvalue weighted by Gasteiger charge is -2.44. The number of rotatable bonds is 5. The normalized spacial score (nSPS) is 21.5. The minimum absolute atomic E-state index is 0.202. The number of carbonyl (C=O) groups is 2. The maximum Gasteiger partial charge on any atom is 0.471 e. The highest BCUT2D eigenvalue weighted by Gasteiger charge is 2.50. The van der Waals surface area contributed by atoms with E-state index in [4.69, 9.17) is 9.47 Å². The number of ether oxygens (including phenoxy) is 2. The van der Waals surface area contributed by atoms with Crippen LogP contribution in [0.3, 0.4) is 0 Å². The third-order valence-electron chi connectivity index (χ3n) is 5.30. The summed E-state index contributed by atoms with van der Waals surface area (Å²) in [6.45, 7) is 0. The van der Waals surface area contributed by atoms with Crippen molar-refractivity contribution in [2.45, 2.75) is 43.5 Å². The Bertz CT molecular complexity index is 884. The predicted octanol–water partition coefficient (Wildman–Crippen LogP) is 4.37. The largest absolute Gasteiger partial charge is 0.497 e. The Morgan fingerprint density at radius 3 is 2.30 bits per heavy atom. The first kappa shape index (κ1) is 21.7. The monoisotopic (exact) mass is 421 g/mol. The van der Waals surface area contributed by atoms with Gasteiger partial charge in [0.25, 0.3) is 0 Å². The van der Waals surface area contributed by atoms with Crippen LogP contribution < -0.4 is 10.1 Å². The van der Waals surface area contributed by atoms with Crippen molar-refractivity contribution in [3.63, 3.8) is 0 Å². The van der Waals surface area contributed by atoms with E-state index in [9.17, 15) is 22.8 Å². The number of esters is 1. The van der Waals surface area contributed by atoms with Crippen molar-refractivity contribution < 1.29 is 32.2 Å². The first-order valence-corrected chi connectivity index (χ1v) is 9.56. The van der Waals surface area contributed by atoms with E-state index in [1.807, 2.05) is 0 Å². The van der Waals surface area contributed by atoms with Crippen molar-refractivity contribution in [3.8, 4) is 5.75 Å². The summed E-state index contributed by atoms with van der Waals surface area (Å²) in [4.78, 5) is 24.6. The van der Waals surface area contributed by atoms with Gasteiger partial charge in [-0.1, -0.05) is 36.8 Å². The topological polar surface area (TPSA) is 64.6 Å². The average molecular weight is 421 g/mol. The summed E-state index contributed by atoms with van der Waals surface area (Å²) >= 11 is 0. The van der Waals surface area contributed by atoms with Crippen LogP contribution in [0, 0.1) is 0 Å². The summed E-state index contributed by atoms with van der Waals surface area (Å²) in [7, 11) is 1.47. The van der Waals surface area contributed by atoms with Crippen LogP contribution in [0.5, 0.6) is 5.75 Å². The first-order valence-electron chi connectivity index (χ1n) is 9.56. The van der Waals surface area contributed by atoms with Gasteiger partial charge in [0, 0.05) is 0 Å². The summed E-state index contributed by atoms with van der Waals surface area (Å²) in [5.41, 5.74) is -0.790. The molecule has 0 aliphatic heterocycles. The molecule has 1 saturated carbocycles. The number of alkyl halides is 3. The van der Waals surface area contributed by atoms with Gasteiger partial charge in [0.2, 0.25) is 0 Å². The van der Waals surface area contributed by atoms with Crippen LogP contribution in [0.1, 0.15) is 41.6 Å². The van der Waals surface area contributed by atoms with Gasteiger partial charge in [-0.3, -0.25) is 4.79 Å². The number of methoxy groups -OCH3 is 1.